The quantitative estimate of drug-likeness (QED) is 0.803. The summed E-state index contributed by atoms with van der Waals surface area (Å²) in [7, 11) is 1.70. The number of piperazine rings is 1. The predicted molar refractivity (Wildman–Crippen MR) is 91.9 cm³/mol. The highest BCUT2D eigenvalue weighted by molar-refractivity contribution is 9.11. The largest absolute Gasteiger partial charge is 0.495 e. The average Bonchev–Trinajstić information content (AvgIpc) is 2.38. The van der Waals surface area contributed by atoms with Crippen LogP contribution >= 0.6 is 31.9 Å². The molecule has 20 heavy (non-hydrogen) atoms. The topological polar surface area (TPSA) is 24.5 Å². The van der Waals surface area contributed by atoms with E-state index in [1.165, 1.54) is 5.69 Å². The summed E-state index contributed by atoms with van der Waals surface area (Å²) in [5, 5.41) is 3.62. The molecule has 0 amide bonds. The Bertz CT molecular complexity index is 485. The van der Waals surface area contributed by atoms with Crippen molar-refractivity contribution >= 4 is 37.5 Å². The second-order valence-electron chi connectivity index (χ2n) is 6.26. The molecule has 0 radical (unpaired) electrons. The van der Waals surface area contributed by atoms with Crippen LogP contribution in [0.3, 0.4) is 0 Å². The van der Waals surface area contributed by atoms with Gasteiger partial charge in [-0.05, 0) is 43.3 Å². The molecule has 5 heteroatoms. The molecule has 1 unspecified atom stereocenters. The molecule has 1 atom stereocenters. The first-order valence-corrected chi connectivity index (χ1v) is 8.43. The maximum absolute atomic E-state index is 5.42. The van der Waals surface area contributed by atoms with Crippen LogP contribution in [0.25, 0.3) is 0 Å². The van der Waals surface area contributed by atoms with Crippen molar-refractivity contribution in [3.8, 4) is 5.75 Å². The van der Waals surface area contributed by atoms with Crippen molar-refractivity contribution in [2.24, 2.45) is 5.41 Å². The molecule has 2 rings (SSSR count). The third-order valence-corrected chi connectivity index (χ3v) is 5.04. The van der Waals surface area contributed by atoms with Crippen LogP contribution in [0.2, 0.25) is 0 Å². The van der Waals surface area contributed by atoms with E-state index in [4.69, 9.17) is 4.74 Å². The van der Waals surface area contributed by atoms with Gasteiger partial charge in [-0.2, -0.15) is 0 Å². The number of methoxy groups -OCH3 is 1. The summed E-state index contributed by atoms with van der Waals surface area (Å²) in [6.45, 7) is 9.87. The molecule has 1 heterocycles. The Labute approximate surface area is 138 Å². The van der Waals surface area contributed by atoms with Gasteiger partial charge in [0.2, 0.25) is 0 Å². The first kappa shape index (κ1) is 16.1. The molecule has 0 bridgehead atoms. The maximum atomic E-state index is 5.42. The lowest BCUT2D eigenvalue weighted by atomic mass is 9.85. The van der Waals surface area contributed by atoms with Gasteiger partial charge in [0, 0.05) is 36.2 Å². The summed E-state index contributed by atoms with van der Waals surface area (Å²) >= 11 is 7.19. The van der Waals surface area contributed by atoms with E-state index in [-0.39, 0.29) is 5.41 Å². The minimum Gasteiger partial charge on any atom is -0.495 e. The minimum absolute atomic E-state index is 0.255. The normalized spacial score (nSPS) is 20.1. The SMILES string of the molecule is COc1cc(N2CCNC(C(C)(C)C)C2)c(Br)cc1Br. The summed E-state index contributed by atoms with van der Waals surface area (Å²) < 4.78 is 7.48. The number of hydrogen-bond donors (Lipinski definition) is 1. The number of anilines is 1. The van der Waals surface area contributed by atoms with Gasteiger partial charge in [0.1, 0.15) is 5.75 Å². The van der Waals surface area contributed by atoms with E-state index in [0.717, 1.165) is 34.3 Å². The zero-order valence-electron chi connectivity index (χ0n) is 12.5. The van der Waals surface area contributed by atoms with E-state index >= 15 is 0 Å². The highest BCUT2D eigenvalue weighted by atomic mass is 79.9. The van der Waals surface area contributed by atoms with Gasteiger partial charge in [-0.25, -0.2) is 0 Å². The lowest BCUT2D eigenvalue weighted by molar-refractivity contribution is 0.254. The first-order chi connectivity index (χ1) is 9.32. The lowest BCUT2D eigenvalue weighted by Crippen LogP contribution is -2.56. The van der Waals surface area contributed by atoms with Crippen molar-refractivity contribution in [2.75, 3.05) is 31.6 Å². The molecule has 1 fully saturated rings. The predicted octanol–water partition coefficient (Wildman–Crippen LogP) is 4.04. The first-order valence-electron chi connectivity index (χ1n) is 6.84. The van der Waals surface area contributed by atoms with Crippen LogP contribution in [0, 0.1) is 5.41 Å². The molecule has 3 nitrogen and oxygen atoms in total. The van der Waals surface area contributed by atoms with Crippen molar-refractivity contribution in [2.45, 2.75) is 26.8 Å². The van der Waals surface area contributed by atoms with Crippen LogP contribution in [-0.4, -0.2) is 32.8 Å². The Kier molecular flexibility index (Phi) is 5.03. The van der Waals surface area contributed by atoms with Crippen molar-refractivity contribution < 1.29 is 4.74 Å². The van der Waals surface area contributed by atoms with Gasteiger partial charge < -0.3 is 15.0 Å². The number of hydrogen-bond acceptors (Lipinski definition) is 3. The molecule has 0 aliphatic carbocycles. The van der Waals surface area contributed by atoms with E-state index in [0.29, 0.717) is 6.04 Å². The molecule has 1 aliphatic rings. The van der Waals surface area contributed by atoms with Gasteiger partial charge in [0.25, 0.3) is 0 Å². The van der Waals surface area contributed by atoms with E-state index in [1.807, 2.05) is 0 Å². The van der Waals surface area contributed by atoms with Crippen LogP contribution in [-0.2, 0) is 0 Å². The minimum atomic E-state index is 0.255. The van der Waals surface area contributed by atoms with E-state index in [9.17, 15) is 0 Å². The number of rotatable bonds is 2. The Morgan fingerprint density at radius 3 is 2.55 bits per heavy atom. The van der Waals surface area contributed by atoms with Crippen molar-refractivity contribution in [3.05, 3.63) is 21.1 Å². The number of benzene rings is 1. The van der Waals surface area contributed by atoms with Crippen LogP contribution < -0.4 is 15.0 Å². The fourth-order valence-electron chi connectivity index (χ4n) is 2.47. The monoisotopic (exact) mass is 404 g/mol. The van der Waals surface area contributed by atoms with Gasteiger partial charge in [0.05, 0.1) is 17.3 Å². The van der Waals surface area contributed by atoms with Crippen molar-refractivity contribution in [1.29, 1.82) is 0 Å². The Morgan fingerprint density at radius 1 is 1.25 bits per heavy atom. The fraction of sp³-hybridized carbons (Fsp3) is 0.600. The second kappa shape index (κ2) is 6.24. The van der Waals surface area contributed by atoms with Crippen molar-refractivity contribution in [3.63, 3.8) is 0 Å². The van der Waals surface area contributed by atoms with E-state index in [1.54, 1.807) is 7.11 Å². The standard InChI is InChI=1S/C15H22Br2N2O/c1-15(2,3)14-9-19(6-5-18-14)12-8-13(20-4)11(17)7-10(12)16/h7-8,14,18H,5-6,9H2,1-4H3. The molecule has 0 aromatic heterocycles. The average molecular weight is 406 g/mol. The maximum Gasteiger partial charge on any atom is 0.135 e. The summed E-state index contributed by atoms with van der Waals surface area (Å²) in [5.41, 5.74) is 1.45. The zero-order chi connectivity index (χ0) is 14.9. The van der Waals surface area contributed by atoms with E-state index < -0.39 is 0 Å². The highest BCUT2D eigenvalue weighted by Crippen LogP contribution is 2.37. The third kappa shape index (κ3) is 3.49. The Morgan fingerprint density at radius 2 is 1.95 bits per heavy atom. The Balaban J connectivity index is 2.27. The highest BCUT2D eigenvalue weighted by Gasteiger charge is 2.30. The zero-order valence-corrected chi connectivity index (χ0v) is 15.6. The molecule has 1 aliphatic heterocycles. The smallest absolute Gasteiger partial charge is 0.135 e. The molecule has 0 spiro atoms. The second-order valence-corrected chi connectivity index (χ2v) is 7.97. The lowest BCUT2D eigenvalue weighted by Gasteiger charge is -2.42. The number of ether oxygens (including phenoxy) is 1. The summed E-state index contributed by atoms with van der Waals surface area (Å²) in [5.74, 6) is 0.869. The van der Waals surface area contributed by atoms with Gasteiger partial charge in [-0.15, -0.1) is 0 Å². The Hall–Kier alpha value is -0.260. The summed E-state index contributed by atoms with van der Waals surface area (Å²) in [6.07, 6.45) is 0. The summed E-state index contributed by atoms with van der Waals surface area (Å²) in [6, 6.07) is 4.64. The fourth-order valence-corrected chi connectivity index (χ4v) is 3.87. The van der Waals surface area contributed by atoms with Gasteiger partial charge in [-0.1, -0.05) is 20.8 Å². The molecule has 1 aromatic rings. The molecule has 112 valence electrons. The van der Waals surface area contributed by atoms with Gasteiger partial charge in [0.15, 0.2) is 0 Å². The number of halogens is 2. The number of nitrogens with zero attached hydrogens (tertiary/aromatic N) is 1. The van der Waals surface area contributed by atoms with Gasteiger partial charge >= 0.3 is 0 Å². The van der Waals surface area contributed by atoms with Crippen LogP contribution in [0.5, 0.6) is 5.75 Å². The molecule has 0 saturated carbocycles. The van der Waals surface area contributed by atoms with Crippen LogP contribution in [0.4, 0.5) is 5.69 Å². The summed E-state index contributed by atoms with van der Waals surface area (Å²) in [4.78, 5) is 2.42. The third-order valence-electron chi connectivity index (χ3n) is 3.78. The van der Waals surface area contributed by atoms with Crippen LogP contribution in [0.1, 0.15) is 20.8 Å². The molecular formula is C15H22Br2N2O. The molecule has 1 aromatic carbocycles. The number of nitrogens with one attached hydrogen (secondary N) is 1. The molecule has 1 saturated heterocycles. The van der Waals surface area contributed by atoms with Gasteiger partial charge in [-0.3, -0.25) is 0 Å². The van der Waals surface area contributed by atoms with Crippen molar-refractivity contribution in [1.82, 2.24) is 5.32 Å². The van der Waals surface area contributed by atoms with Crippen LogP contribution in [0.15, 0.2) is 21.1 Å². The molecule has 1 N–H and O–H groups in total. The van der Waals surface area contributed by atoms with E-state index in [2.05, 4.69) is 75.0 Å². The molecular weight excluding hydrogens is 384 g/mol.